The molecule has 0 aromatic carbocycles. The standard InChI is InChI=1S/C12H17N3O2S.2BrH/c16-18-7-4-15(5-8-18)11-2-1-10-9-13-3-6-17-12(10)14-11;;/h1-2,13H,3-9H2;2*1H. The minimum Gasteiger partial charge on any atom is -0.616 e. The fourth-order valence-electron chi connectivity index (χ4n) is 2.21. The van der Waals surface area contributed by atoms with Gasteiger partial charge in [0.05, 0.1) is 13.1 Å². The van der Waals surface area contributed by atoms with Crippen LogP contribution in [0.25, 0.3) is 0 Å². The highest BCUT2D eigenvalue weighted by atomic mass is 79.9. The van der Waals surface area contributed by atoms with Gasteiger partial charge in [0.25, 0.3) is 0 Å². The lowest BCUT2D eigenvalue weighted by Gasteiger charge is -2.29. The van der Waals surface area contributed by atoms with Crippen molar-refractivity contribution in [2.45, 2.75) is 6.54 Å². The zero-order valence-corrected chi connectivity index (χ0v) is 15.3. The van der Waals surface area contributed by atoms with E-state index in [1.165, 1.54) is 0 Å². The number of rotatable bonds is 1. The Kier molecular flexibility index (Phi) is 7.60. The normalized spacial score (nSPS) is 18.9. The summed E-state index contributed by atoms with van der Waals surface area (Å²) in [5.74, 6) is 3.15. The van der Waals surface area contributed by atoms with Crippen LogP contribution in [0.3, 0.4) is 0 Å². The van der Waals surface area contributed by atoms with Gasteiger partial charge in [-0.2, -0.15) is 4.98 Å². The van der Waals surface area contributed by atoms with Gasteiger partial charge in [0.2, 0.25) is 5.88 Å². The molecule has 3 heterocycles. The quantitative estimate of drug-likeness (QED) is 0.683. The van der Waals surface area contributed by atoms with Gasteiger partial charge in [-0.05, 0) is 12.1 Å². The molecule has 3 rings (SSSR count). The molecular formula is C12H19Br2N3O2S. The van der Waals surface area contributed by atoms with Crippen LogP contribution in [-0.2, 0) is 17.7 Å². The second-order valence-electron chi connectivity index (χ2n) is 4.49. The maximum atomic E-state index is 11.3. The Hall–Kier alpha value is -0.0200. The van der Waals surface area contributed by atoms with Crippen molar-refractivity contribution in [3.63, 3.8) is 0 Å². The number of nitrogens with zero attached hydrogens (tertiary/aromatic N) is 2. The van der Waals surface area contributed by atoms with Crippen molar-refractivity contribution in [2.75, 3.05) is 42.6 Å². The molecular weight excluding hydrogens is 410 g/mol. The predicted octanol–water partition coefficient (Wildman–Crippen LogP) is 1.29. The SMILES string of the molecule is Br.Br.[O-][S+]1CCN(c2ccc3c(n2)OCCNC3)CC1. The van der Waals surface area contributed by atoms with Crippen molar-refractivity contribution >= 4 is 51.0 Å². The highest BCUT2D eigenvalue weighted by molar-refractivity contribution is 8.93. The summed E-state index contributed by atoms with van der Waals surface area (Å²) in [7, 11) is 0. The summed E-state index contributed by atoms with van der Waals surface area (Å²) in [4.78, 5) is 6.77. The van der Waals surface area contributed by atoms with Crippen molar-refractivity contribution in [1.82, 2.24) is 10.3 Å². The number of nitrogens with one attached hydrogen (secondary N) is 1. The number of ether oxygens (including phenoxy) is 1. The Morgan fingerprint density at radius 2 is 2.00 bits per heavy atom. The number of hydrogen-bond donors (Lipinski definition) is 1. The number of anilines is 1. The van der Waals surface area contributed by atoms with E-state index in [9.17, 15) is 4.55 Å². The van der Waals surface area contributed by atoms with Gasteiger partial charge in [0.1, 0.15) is 23.9 Å². The molecule has 8 heteroatoms. The van der Waals surface area contributed by atoms with Crippen LogP contribution >= 0.6 is 34.0 Å². The maximum Gasteiger partial charge on any atom is 0.219 e. The molecule has 0 amide bonds. The summed E-state index contributed by atoms with van der Waals surface area (Å²) in [6.45, 7) is 3.96. The van der Waals surface area contributed by atoms with Crippen molar-refractivity contribution in [3.05, 3.63) is 17.7 Å². The van der Waals surface area contributed by atoms with Crippen LogP contribution in [0.1, 0.15) is 5.56 Å². The highest BCUT2D eigenvalue weighted by Crippen LogP contribution is 2.23. The van der Waals surface area contributed by atoms with Gasteiger partial charge in [-0.1, -0.05) is 11.2 Å². The Balaban J connectivity index is 0.000001000. The minimum absolute atomic E-state index is 0. The van der Waals surface area contributed by atoms with Crippen LogP contribution in [-0.4, -0.2) is 47.3 Å². The summed E-state index contributed by atoms with van der Waals surface area (Å²) in [6, 6.07) is 4.10. The van der Waals surface area contributed by atoms with Crippen LogP contribution < -0.4 is 15.0 Å². The fraction of sp³-hybridized carbons (Fsp3) is 0.583. The molecule has 0 atom stereocenters. The van der Waals surface area contributed by atoms with Gasteiger partial charge in [-0.15, -0.1) is 34.0 Å². The number of fused-ring (bicyclic) bond motifs is 1. The average Bonchev–Trinajstić information content (AvgIpc) is 2.64. The van der Waals surface area contributed by atoms with Crippen LogP contribution in [0, 0.1) is 0 Å². The first-order chi connectivity index (χ1) is 8.83. The van der Waals surface area contributed by atoms with E-state index < -0.39 is 11.2 Å². The lowest BCUT2D eigenvalue weighted by atomic mass is 10.2. The molecule has 20 heavy (non-hydrogen) atoms. The zero-order valence-electron chi connectivity index (χ0n) is 11.0. The number of aromatic nitrogens is 1. The van der Waals surface area contributed by atoms with Crippen LogP contribution in [0.5, 0.6) is 5.88 Å². The van der Waals surface area contributed by atoms with Crippen molar-refractivity contribution in [2.24, 2.45) is 0 Å². The van der Waals surface area contributed by atoms with Crippen LogP contribution in [0.2, 0.25) is 0 Å². The molecule has 5 nitrogen and oxygen atoms in total. The molecule has 0 saturated carbocycles. The first kappa shape index (κ1) is 18.0. The van der Waals surface area contributed by atoms with Crippen LogP contribution in [0.4, 0.5) is 5.82 Å². The topological polar surface area (TPSA) is 60.5 Å². The van der Waals surface area contributed by atoms with Gasteiger partial charge in [-0.3, -0.25) is 0 Å². The molecule has 0 unspecified atom stereocenters. The minimum atomic E-state index is -0.650. The molecule has 114 valence electrons. The van der Waals surface area contributed by atoms with Crippen LogP contribution in [0.15, 0.2) is 12.1 Å². The monoisotopic (exact) mass is 427 g/mol. The Morgan fingerprint density at radius 3 is 2.75 bits per heavy atom. The summed E-state index contributed by atoms with van der Waals surface area (Å²) < 4.78 is 17.0. The third-order valence-electron chi connectivity index (χ3n) is 3.26. The Bertz CT molecular complexity index is 431. The summed E-state index contributed by atoms with van der Waals surface area (Å²) in [5.41, 5.74) is 1.11. The van der Waals surface area contributed by atoms with E-state index >= 15 is 0 Å². The Labute approximate surface area is 143 Å². The predicted molar refractivity (Wildman–Crippen MR) is 92.2 cm³/mol. The molecule has 0 bridgehead atoms. The van der Waals surface area contributed by atoms with E-state index in [-0.39, 0.29) is 34.0 Å². The highest BCUT2D eigenvalue weighted by Gasteiger charge is 2.21. The van der Waals surface area contributed by atoms with Crippen molar-refractivity contribution in [3.8, 4) is 5.88 Å². The first-order valence-corrected chi connectivity index (χ1v) is 7.75. The number of halogens is 2. The molecule has 2 aliphatic rings. The second kappa shape index (κ2) is 8.43. The van der Waals surface area contributed by atoms with Crippen molar-refractivity contribution in [1.29, 1.82) is 0 Å². The molecule has 0 radical (unpaired) electrons. The third kappa shape index (κ3) is 4.24. The van der Waals surface area contributed by atoms with E-state index in [1.807, 2.05) is 6.07 Å². The summed E-state index contributed by atoms with van der Waals surface area (Å²) in [5, 5.41) is 3.29. The van der Waals surface area contributed by atoms with E-state index in [2.05, 4.69) is 21.3 Å². The van der Waals surface area contributed by atoms with Gasteiger partial charge >= 0.3 is 0 Å². The molecule has 0 aliphatic carbocycles. The molecule has 1 N–H and O–H groups in total. The Morgan fingerprint density at radius 1 is 1.25 bits per heavy atom. The third-order valence-corrected chi connectivity index (χ3v) is 4.54. The van der Waals surface area contributed by atoms with Gasteiger partial charge in [0, 0.05) is 18.7 Å². The van der Waals surface area contributed by atoms with E-state index in [0.717, 1.165) is 54.9 Å². The number of pyridine rings is 1. The average molecular weight is 429 g/mol. The molecule has 1 aromatic heterocycles. The number of hydrogen-bond acceptors (Lipinski definition) is 5. The summed E-state index contributed by atoms with van der Waals surface area (Å²) in [6.07, 6.45) is 0. The molecule has 1 aromatic rings. The van der Waals surface area contributed by atoms with E-state index in [1.54, 1.807) is 0 Å². The van der Waals surface area contributed by atoms with E-state index in [4.69, 9.17) is 4.74 Å². The molecule has 2 aliphatic heterocycles. The molecule has 0 spiro atoms. The second-order valence-corrected chi connectivity index (χ2v) is 6.19. The van der Waals surface area contributed by atoms with Gasteiger partial charge < -0.3 is 19.5 Å². The van der Waals surface area contributed by atoms with E-state index in [0.29, 0.717) is 6.61 Å². The summed E-state index contributed by atoms with van der Waals surface area (Å²) >= 11 is -0.650. The van der Waals surface area contributed by atoms with Gasteiger partial charge in [-0.25, -0.2) is 0 Å². The van der Waals surface area contributed by atoms with Gasteiger partial charge in [0.15, 0.2) is 0 Å². The largest absolute Gasteiger partial charge is 0.616 e. The first-order valence-electron chi connectivity index (χ1n) is 6.26. The lowest BCUT2D eigenvalue weighted by molar-refractivity contribution is 0.314. The lowest BCUT2D eigenvalue weighted by Crippen LogP contribution is -2.40. The molecule has 1 fully saturated rings. The zero-order chi connectivity index (χ0) is 12.4. The maximum absolute atomic E-state index is 11.3. The molecule has 1 saturated heterocycles. The smallest absolute Gasteiger partial charge is 0.219 e. The fourth-order valence-corrected chi connectivity index (χ4v) is 3.26. The van der Waals surface area contributed by atoms with Crippen molar-refractivity contribution < 1.29 is 9.29 Å².